The summed E-state index contributed by atoms with van der Waals surface area (Å²) >= 11 is 0. The van der Waals surface area contributed by atoms with Crippen LogP contribution in [0.25, 0.3) is 11.1 Å². The second-order valence-electron chi connectivity index (χ2n) is 8.49. The first-order valence-electron chi connectivity index (χ1n) is 11.8. The molecule has 168 valence electrons. The average Bonchev–Trinajstić information content (AvgIpc) is 3.07. The molecular formula is C27H36O4. The minimum Gasteiger partial charge on any atom is -0.494 e. The maximum absolute atomic E-state index is 13.0. The van der Waals surface area contributed by atoms with E-state index in [9.17, 15) is 4.79 Å². The highest BCUT2D eigenvalue weighted by Gasteiger charge is 2.27. The number of benzene rings is 2. The highest BCUT2D eigenvalue weighted by atomic mass is 16.5. The van der Waals surface area contributed by atoms with Crippen molar-refractivity contribution < 1.29 is 19.4 Å². The maximum Gasteiger partial charge on any atom is 0.194 e. The predicted octanol–water partition coefficient (Wildman–Crippen LogP) is 6.28. The molecule has 31 heavy (non-hydrogen) atoms. The second-order valence-corrected chi connectivity index (χ2v) is 8.49. The van der Waals surface area contributed by atoms with Crippen molar-refractivity contribution in [1.82, 2.24) is 0 Å². The Hall–Kier alpha value is -2.33. The van der Waals surface area contributed by atoms with E-state index in [1.165, 1.54) is 12.8 Å². The third-order valence-corrected chi connectivity index (χ3v) is 6.62. The minimum absolute atomic E-state index is 0.0348. The van der Waals surface area contributed by atoms with Crippen LogP contribution in [0.2, 0.25) is 0 Å². The molecular weight excluding hydrogens is 388 g/mol. The highest BCUT2D eigenvalue weighted by Crippen LogP contribution is 2.40. The van der Waals surface area contributed by atoms with E-state index in [1.54, 1.807) is 0 Å². The van der Waals surface area contributed by atoms with Crippen molar-refractivity contribution in [1.29, 1.82) is 0 Å². The van der Waals surface area contributed by atoms with Gasteiger partial charge in [-0.3, -0.25) is 4.79 Å². The smallest absolute Gasteiger partial charge is 0.194 e. The van der Waals surface area contributed by atoms with Crippen LogP contribution in [0.5, 0.6) is 11.5 Å². The first-order chi connectivity index (χ1) is 15.1. The van der Waals surface area contributed by atoms with Crippen molar-refractivity contribution >= 4 is 5.78 Å². The number of hydrogen-bond acceptors (Lipinski definition) is 4. The zero-order chi connectivity index (χ0) is 22.2. The van der Waals surface area contributed by atoms with Crippen LogP contribution in [0.3, 0.4) is 0 Å². The lowest BCUT2D eigenvalue weighted by atomic mass is 9.99. The van der Waals surface area contributed by atoms with Crippen molar-refractivity contribution in [3.05, 3.63) is 47.5 Å². The van der Waals surface area contributed by atoms with Gasteiger partial charge in [-0.25, -0.2) is 0 Å². The largest absolute Gasteiger partial charge is 0.494 e. The summed E-state index contributed by atoms with van der Waals surface area (Å²) in [5.41, 5.74) is 3.33. The Morgan fingerprint density at radius 2 is 1.19 bits per heavy atom. The van der Waals surface area contributed by atoms with Gasteiger partial charge in [-0.1, -0.05) is 40.0 Å². The molecule has 0 aliphatic heterocycles. The first-order valence-corrected chi connectivity index (χ1v) is 11.8. The molecule has 1 aliphatic carbocycles. The van der Waals surface area contributed by atoms with Crippen LogP contribution in [0.15, 0.2) is 36.4 Å². The standard InChI is InChI=1S/C27H36O4/c1-4-19(5-2)12-15-30-21-7-9-23-24-10-8-22(18-26(24)27(29)25(23)17-21)31-16-13-20(6-3)11-14-28/h7-10,17-20,28H,4-6,11-16H2,1-3H3. The molecule has 0 saturated carbocycles. The Morgan fingerprint density at radius 1 is 0.710 bits per heavy atom. The monoisotopic (exact) mass is 424 g/mol. The van der Waals surface area contributed by atoms with Crippen molar-refractivity contribution in [2.45, 2.75) is 59.3 Å². The number of ether oxygens (including phenoxy) is 2. The number of aliphatic hydroxyl groups is 1. The molecule has 0 bridgehead atoms. The Balaban J connectivity index is 1.64. The Labute approximate surface area is 186 Å². The van der Waals surface area contributed by atoms with Crippen LogP contribution in [0, 0.1) is 11.8 Å². The van der Waals surface area contributed by atoms with Gasteiger partial charge >= 0.3 is 0 Å². The molecule has 0 spiro atoms. The molecule has 2 aromatic carbocycles. The number of carbonyl (C=O) groups excluding carboxylic acids is 1. The number of rotatable bonds is 13. The van der Waals surface area contributed by atoms with Crippen LogP contribution in [-0.4, -0.2) is 30.7 Å². The molecule has 4 nitrogen and oxygen atoms in total. The fraction of sp³-hybridized carbons (Fsp3) is 0.519. The van der Waals surface area contributed by atoms with E-state index in [4.69, 9.17) is 14.6 Å². The zero-order valence-corrected chi connectivity index (χ0v) is 19.2. The van der Waals surface area contributed by atoms with Crippen LogP contribution in [-0.2, 0) is 0 Å². The van der Waals surface area contributed by atoms with Gasteiger partial charge in [0.25, 0.3) is 0 Å². The molecule has 3 rings (SSSR count). The van der Waals surface area contributed by atoms with Gasteiger partial charge in [-0.05, 0) is 78.6 Å². The van der Waals surface area contributed by atoms with Crippen molar-refractivity contribution in [3.8, 4) is 22.6 Å². The van der Waals surface area contributed by atoms with E-state index in [-0.39, 0.29) is 12.4 Å². The summed E-state index contributed by atoms with van der Waals surface area (Å²) in [6.07, 6.45) is 6.12. The van der Waals surface area contributed by atoms with Gasteiger partial charge in [0, 0.05) is 17.7 Å². The number of carbonyl (C=O) groups is 1. The third kappa shape index (κ3) is 5.68. The topological polar surface area (TPSA) is 55.8 Å². The second kappa shape index (κ2) is 11.3. The Kier molecular flexibility index (Phi) is 8.53. The third-order valence-electron chi connectivity index (χ3n) is 6.62. The van der Waals surface area contributed by atoms with E-state index in [1.807, 2.05) is 36.4 Å². The quantitative estimate of drug-likeness (QED) is 0.351. The van der Waals surface area contributed by atoms with Gasteiger partial charge in [0.2, 0.25) is 0 Å². The predicted molar refractivity (Wildman–Crippen MR) is 125 cm³/mol. The molecule has 0 aromatic heterocycles. The van der Waals surface area contributed by atoms with E-state index < -0.39 is 0 Å². The molecule has 4 heteroatoms. The number of aliphatic hydroxyl groups excluding tert-OH is 1. The number of hydrogen-bond donors (Lipinski definition) is 1. The molecule has 1 atom stereocenters. The molecule has 1 aliphatic rings. The van der Waals surface area contributed by atoms with Gasteiger partial charge in [0.1, 0.15) is 11.5 Å². The van der Waals surface area contributed by atoms with Crippen molar-refractivity contribution in [3.63, 3.8) is 0 Å². The van der Waals surface area contributed by atoms with Crippen LogP contribution in [0.1, 0.15) is 75.2 Å². The fourth-order valence-electron chi connectivity index (χ4n) is 4.34. The van der Waals surface area contributed by atoms with Crippen molar-refractivity contribution in [2.75, 3.05) is 19.8 Å². The lowest BCUT2D eigenvalue weighted by molar-refractivity contribution is 0.104. The van der Waals surface area contributed by atoms with Crippen molar-refractivity contribution in [2.24, 2.45) is 11.8 Å². The van der Waals surface area contributed by atoms with Gasteiger partial charge in [-0.15, -0.1) is 0 Å². The van der Waals surface area contributed by atoms with Crippen LogP contribution in [0.4, 0.5) is 0 Å². The summed E-state index contributed by atoms with van der Waals surface area (Å²) in [7, 11) is 0. The lowest BCUT2D eigenvalue weighted by Gasteiger charge is -2.14. The SMILES string of the molecule is CCC(CC)CCOc1ccc2c(c1)C(=O)c1cc(OCCC(CC)CCO)ccc1-2. The average molecular weight is 425 g/mol. The van der Waals surface area contributed by atoms with Gasteiger partial charge < -0.3 is 14.6 Å². The zero-order valence-electron chi connectivity index (χ0n) is 19.2. The lowest BCUT2D eigenvalue weighted by Crippen LogP contribution is -2.08. The van der Waals surface area contributed by atoms with Crippen LogP contribution < -0.4 is 9.47 Å². The fourth-order valence-corrected chi connectivity index (χ4v) is 4.34. The van der Waals surface area contributed by atoms with E-state index in [0.717, 1.165) is 48.3 Å². The maximum atomic E-state index is 13.0. The molecule has 2 aromatic rings. The van der Waals surface area contributed by atoms with Gasteiger partial charge in [0.05, 0.1) is 13.2 Å². The normalized spacial score (nSPS) is 13.3. The molecule has 0 fully saturated rings. The number of fused-ring (bicyclic) bond motifs is 3. The molecule has 0 saturated heterocycles. The Morgan fingerprint density at radius 3 is 1.65 bits per heavy atom. The Bertz CT molecular complexity index is 870. The molecule has 0 amide bonds. The minimum atomic E-state index is 0.0348. The number of ketones is 1. The molecule has 0 heterocycles. The van der Waals surface area contributed by atoms with E-state index in [2.05, 4.69) is 20.8 Å². The summed E-state index contributed by atoms with van der Waals surface area (Å²) in [4.78, 5) is 13.0. The van der Waals surface area contributed by atoms with E-state index >= 15 is 0 Å². The summed E-state index contributed by atoms with van der Waals surface area (Å²) in [6, 6.07) is 11.6. The molecule has 1 N–H and O–H groups in total. The molecule has 0 radical (unpaired) electrons. The highest BCUT2D eigenvalue weighted by molar-refractivity contribution is 6.22. The van der Waals surface area contributed by atoms with Crippen LogP contribution >= 0.6 is 0 Å². The van der Waals surface area contributed by atoms with Gasteiger partial charge in [0.15, 0.2) is 5.78 Å². The molecule has 1 unspecified atom stereocenters. The summed E-state index contributed by atoms with van der Waals surface area (Å²) in [5, 5.41) is 9.13. The van der Waals surface area contributed by atoms with E-state index in [0.29, 0.717) is 36.2 Å². The van der Waals surface area contributed by atoms with Gasteiger partial charge in [-0.2, -0.15) is 0 Å². The summed E-state index contributed by atoms with van der Waals surface area (Å²) in [6.45, 7) is 8.05. The first kappa shape index (κ1) is 23.3. The summed E-state index contributed by atoms with van der Waals surface area (Å²) in [5.74, 6) is 2.67. The summed E-state index contributed by atoms with van der Waals surface area (Å²) < 4.78 is 11.9.